The van der Waals surface area contributed by atoms with Gasteiger partial charge < -0.3 is 21.9 Å². The monoisotopic (exact) mass is 229 g/mol. The van der Waals surface area contributed by atoms with E-state index in [-0.39, 0.29) is 0 Å². The fourth-order valence-electron chi connectivity index (χ4n) is 0.956. The zero-order valence-corrected chi connectivity index (χ0v) is 8.66. The van der Waals surface area contributed by atoms with Gasteiger partial charge >= 0.3 is 0 Å². The molecule has 0 bridgehead atoms. The van der Waals surface area contributed by atoms with Gasteiger partial charge in [0.2, 0.25) is 5.91 Å². The van der Waals surface area contributed by atoms with Crippen molar-refractivity contribution in [3.63, 3.8) is 0 Å². The molecule has 0 aliphatic rings. The van der Waals surface area contributed by atoms with E-state index in [1.807, 2.05) is 0 Å². The predicted octanol–water partition coefficient (Wildman–Crippen LogP) is 0.180. The highest BCUT2D eigenvalue weighted by Crippen LogP contribution is 2.22. The van der Waals surface area contributed by atoms with Crippen molar-refractivity contribution in [1.82, 2.24) is 0 Å². The summed E-state index contributed by atoms with van der Waals surface area (Å²) in [7, 11) is 0. The van der Waals surface area contributed by atoms with Gasteiger partial charge in [0.15, 0.2) is 0 Å². The number of amides is 1. The summed E-state index contributed by atoms with van der Waals surface area (Å²) < 4.78 is 0. The molecule has 1 aromatic carbocycles. The highest BCUT2D eigenvalue weighted by molar-refractivity contribution is 6.31. The highest BCUT2D eigenvalue weighted by Gasteiger charge is 2.13. The van der Waals surface area contributed by atoms with Crippen molar-refractivity contribution >= 4 is 28.9 Å². The third-order valence-electron chi connectivity index (χ3n) is 1.80. The van der Waals surface area contributed by atoms with Crippen LogP contribution in [0, 0.1) is 0 Å². The number of benzene rings is 1. The average molecular weight is 230 g/mol. The lowest BCUT2D eigenvalue weighted by molar-refractivity contribution is -0.118. The molecule has 0 radical (unpaired) electrons. The molecule has 82 valence electrons. The first-order valence-corrected chi connectivity index (χ1v) is 4.64. The minimum absolute atomic E-state index is 0.348. The zero-order valence-electron chi connectivity index (χ0n) is 7.90. The Hall–Kier alpha value is -1.30. The minimum Gasteiger partial charge on any atom is -0.397 e. The van der Waals surface area contributed by atoms with Crippen molar-refractivity contribution in [2.45, 2.75) is 6.04 Å². The minimum atomic E-state index is -0.958. The maximum absolute atomic E-state index is 11.3. The molecule has 0 aromatic heterocycles. The third kappa shape index (κ3) is 3.09. The summed E-state index contributed by atoms with van der Waals surface area (Å²) in [6.07, 6.45) is 0. The fraction of sp³-hybridized carbons (Fsp3) is 0.222. The standard InChI is InChI=1S/C9H12ClN3O2/c10-5-1-2-8(6(11)3-5)13-9(15)7(12)4-14/h1-3,7,14H,4,11-12H2,(H,13,15)/t7-/m1/s1. The number of carbonyl (C=O) groups excluding carboxylic acids is 1. The summed E-state index contributed by atoms with van der Waals surface area (Å²) in [5.41, 5.74) is 11.7. The summed E-state index contributed by atoms with van der Waals surface area (Å²) in [5.74, 6) is -0.494. The Kier molecular flexibility index (Phi) is 3.90. The number of rotatable bonds is 3. The van der Waals surface area contributed by atoms with E-state index in [1.165, 1.54) is 6.07 Å². The number of nitrogen functional groups attached to an aromatic ring is 1. The van der Waals surface area contributed by atoms with Crippen LogP contribution in [0.1, 0.15) is 0 Å². The molecule has 0 saturated carbocycles. The summed E-state index contributed by atoms with van der Waals surface area (Å²) in [5, 5.41) is 11.6. The number of anilines is 2. The molecule has 1 aromatic rings. The second-order valence-electron chi connectivity index (χ2n) is 3.01. The number of aliphatic hydroxyl groups excluding tert-OH is 1. The molecule has 0 aliphatic heterocycles. The lowest BCUT2D eigenvalue weighted by atomic mass is 10.2. The van der Waals surface area contributed by atoms with Crippen LogP contribution < -0.4 is 16.8 Å². The molecule has 1 rings (SSSR count). The molecule has 6 N–H and O–H groups in total. The number of hydrogen-bond donors (Lipinski definition) is 4. The van der Waals surface area contributed by atoms with Gasteiger partial charge in [0.25, 0.3) is 0 Å². The van der Waals surface area contributed by atoms with Gasteiger partial charge in [-0.25, -0.2) is 0 Å². The van der Waals surface area contributed by atoms with Crippen LogP contribution in [0.5, 0.6) is 0 Å². The van der Waals surface area contributed by atoms with Gasteiger partial charge in [0, 0.05) is 5.02 Å². The van der Waals surface area contributed by atoms with E-state index in [0.29, 0.717) is 16.4 Å². The number of nitrogens with two attached hydrogens (primary N) is 2. The first-order valence-electron chi connectivity index (χ1n) is 4.27. The first-order chi connectivity index (χ1) is 7.04. The van der Waals surface area contributed by atoms with Crippen molar-refractivity contribution in [3.8, 4) is 0 Å². The van der Waals surface area contributed by atoms with E-state index >= 15 is 0 Å². The van der Waals surface area contributed by atoms with Gasteiger partial charge in [-0.05, 0) is 18.2 Å². The van der Waals surface area contributed by atoms with Crippen LogP contribution in [0.25, 0.3) is 0 Å². The Morgan fingerprint density at radius 2 is 2.27 bits per heavy atom. The molecule has 6 heteroatoms. The van der Waals surface area contributed by atoms with Crippen molar-refractivity contribution in [3.05, 3.63) is 23.2 Å². The van der Waals surface area contributed by atoms with Crippen molar-refractivity contribution in [1.29, 1.82) is 0 Å². The number of halogens is 1. The Morgan fingerprint density at radius 3 is 2.80 bits per heavy atom. The highest BCUT2D eigenvalue weighted by atomic mass is 35.5. The smallest absolute Gasteiger partial charge is 0.243 e. The average Bonchev–Trinajstić information content (AvgIpc) is 2.20. The van der Waals surface area contributed by atoms with E-state index in [2.05, 4.69) is 5.32 Å². The quantitative estimate of drug-likeness (QED) is 0.556. The summed E-state index contributed by atoms with van der Waals surface area (Å²) in [6, 6.07) is 3.72. The van der Waals surface area contributed by atoms with Gasteiger partial charge in [-0.3, -0.25) is 4.79 Å². The van der Waals surface area contributed by atoms with E-state index in [0.717, 1.165) is 0 Å². The van der Waals surface area contributed by atoms with E-state index < -0.39 is 18.6 Å². The third-order valence-corrected chi connectivity index (χ3v) is 2.04. The SMILES string of the molecule is Nc1cc(Cl)ccc1NC(=O)[C@H](N)CO. The van der Waals surface area contributed by atoms with Gasteiger partial charge in [-0.2, -0.15) is 0 Å². The van der Waals surface area contributed by atoms with Gasteiger partial charge in [-0.15, -0.1) is 0 Å². The van der Waals surface area contributed by atoms with Crippen LogP contribution in [0.3, 0.4) is 0 Å². The lowest BCUT2D eigenvalue weighted by Crippen LogP contribution is -2.38. The van der Waals surface area contributed by atoms with Crippen molar-refractivity contribution in [2.75, 3.05) is 17.7 Å². The molecule has 1 amide bonds. The number of nitrogens with one attached hydrogen (secondary N) is 1. The molecule has 15 heavy (non-hydrogen) atoms. The van der Waals surface area contributed by atoms with Gasteiger partial charge in [0.1, 0.15) is 6.04 Å². The summed E-state index contributed by atoms with van der Waals surface area (Å²) in [6.45, 7) is -0.417. The molecule has 0 unspecified atom stereocenters. The normalized spacial score (nSPS) is 12.2. The van der Waals surface area contributed by atoms with Crippen LogP contribution >= 0.6 is 11.6 Å². The van der Waals surface area contributed by atoms with E-state index in [1.54, 1.807) is 12.1 Å². The molecule has 0 saturated heterocycles. The topological polar surface area (TPSA) is 101 Å². The summed E-state index contributed by atoms with van der Waals surface area (Å²) >= 11 is 5.69. The Bertz CT molecular complexity index is 370. The predicted molar refractivity (Wildman–Crippen MR) is 59.6 cm³/mol. The second kappa shape index (κ2) is 4.97. The molecule has 0 aliphatic carbocycles. The fourth-order valence-corrected chi connectivity index (χ4v) is 1.14. The number of hydrogen-bond acceptors (Lipinski definition) is 4. The number of carbonyl (C=O) groups is 1. The Labute approximate surface area is 92.0 Å². The van der Waals surface area contributed by atoms with E-state index in [9.17, 15) is 4.79 Å². The second-order valence-corrected chi connectivity index (χ2v) is 3.45. The van der Waals surface area contributed by atoms with Gasteiger partial charge in [-0.1, -0.05) is 11.6 Å². The lowest BCUT2D eigenvalue weighted by Gasteiger charge is -2.11. The van der Waals surface area contributed by atoms with Crippen molar-refractivity contribution < 1.29 is 9.90 Å². The van der Waals surface area contributed by atoms with Crippen LogP contribution in [0.4, 0.5) is 11.4 Å². The molecule has 5 nitrogen and oxygen atoms in total. The number of aliphatic hydroxyl groups is 1. The van der Waals surface area contributed by atoms with E-state index in [4.69, 9.17) is 28.2 Å². The van der Waals surface area contributed by atoms with Crippen LogP contribution in [-0.4, -0.2) is 23.7 Å². The largest absolute Gasteiger partial charge is 0.397 e. The molecule has 0 spiro atoms. The van der Waals surface area contributed by atoms with Crippen LogP contribution in [0.2, 0.25) is 5.02 Å². The Morgan fingerprint density at radius 1 is 1.60 bits per heavy atom. The molecule has 1 atom stereocenters. The summed E-state index contributed by atoms with van der Waals surface area (Å²) in [4.78, 5) is 11.3. The van der Waals surface area contributed by atoms with Crippen LogP contribution in [0.15, 0.2) is 18.2 Å². The molecular weight excluding hydrogens is 218 g/mol. The molecular formula is C9H12ClN3O2. The van der Waals surface area contributed by atoms with Crippen molar-refractivity contribution in [2.24, 2.45) is 5.73 Å². The maximum atomic E-state index is 11.3. The Balaban J connectivity index is 2.77. The molecule has 0 heterocycles. The molecule has 0 fully saturated rings. The maximum Gasteiger partial charge on any atom is 0.243 e. The van der Waals surface area contributed by atoms with Gasteiger partial charge in [0.05, 0.1) is 18.0 Å². The van der Waals surface area contributed by atoms with Crippen LogP contribution in [-0.2, 0) is 4.79 Å². The zero-order chi connectivity index (χ0) is 11.4. The first kappa shape index (κ1) is 11.8.